The fourth-order valence-electron chi connectivity index (χ4n) is 1.16. The SMILES string of the molecule is CC[C@@H]1C[C@]1(N)C(N)=O. The lowest BCUT2D eigenvalue weighted by Crippen LogP contribution is -2.40. The molecule has 0 unspecified atom stereocenters. The maximum atomic E-state index is 10.5. The van der Waals surface area contributed by atoms with Gasteiger partial charge in [0, 0.05) is 0 Å². The van der Waals surface area contributed by atoms with Gasteiger partial charge in [-0.2, -0.15) is 0 Å². The first-order chi connectivity index (χ1) is 4.11. The molecule has 1 saturated carbocycles. The summed E-state index contributed by atoms with van der Waals surface area (Å²) in [5.41, 5.74) is 9.96. The van der Waals surface area contributed by atoms with E-state index in [1.54, 1.807) is 0 Å². The molecule has 3 heteroatoms. The second kappa shape index (κ2) is 1.70. The Morgan fingerprint density at radius 1 is 1.89 bits per heavy atom. The molecule has 0 radical (unpaired) electrons. The second-order valence-corrected chi connectivity index (χ2v) is 2.71. The van der Waals surface area contributed by atoms with Crippen molar-refractivity contribution < 1.29 is 4.79 Å². The standard InChI is InChI=1S/C6H12N2O/c1-2-4-3-6(4,8)5(7)9/h4H,2-3,8H2,1H3,(H2,7,9)/t4-,6-/m1/s1. The van der Waals surface area contributed by atoms with Gasteiger partial charge >= 0.3 is 0 Å². The van der Waals surface area contributed by atoms with Crippen molar-refractivity contribution in [2.75, 3.05) is 0 Å². The highest BCUT2D eigenvalue weighted by Crippen LogP contribution is 2.42. The van der Waals surface area contributed by atoms with Crippen molar-refractivity contribution in [2.45, 2.75) is 25.3 Å². The average Bonchev–Trinajstić information content (AvgIpc) is 2.44. The normalized spacial score (nSPS) is 40.4. The Morgan fingerprint density at radius 2 is 2.44 bits per heavy atom. The van der Waals surface area contributed by atoms with Crippen molar-refractivity contribution in [3.8, 4) is 0 Å². The number of carbonyl (C=O) groups excluding carboxylic acids is 1. The molecule has 1 fully saturated rings. The van der Waals surface area contributed by atoms with Crippen LogP contribution in [0.15, 0.2) is 0 Å². The molecule has 4 N–H and O–H groups in total. The van der Waals surface area contributed by atoms with Crippen LogP contribution < -0.4 is 11.5 Å². The highest BCUT2D eigenvalue weighted by Gasteiger charge is 2.54. The monoisotopic (exact) mass is 128 g/mol. The van der Waals surface area contributed by atoms with Crippen LogP contribution in [0.1, 0.15) is 19.8 Å². The zero-order valence-corrected chi connectivity index (χ0v) is 5.55. The highest BCUT2D eigenvalue weighted by molar-refractivity contribution is 5.88. The number of hydrogen-bond donors (Lipinski definition) is 2. The van der Waals surface area contributed by atoms with Crippen molar-refractivity contribution in [1.29, 1.82) is 0 Å². The number of hydrogen-bond acceptors (Lipinski definition) is 2. The summed E-state index contributed by atoms with van der Waals surface area (Å²) in [6, 6.07) is 0. The molecular formula is C6H12N2O. The lowest BCUT2D eigenvalue weighted by atomic mass is 10.2. The predicted molar refractivity (Wildman–Crippen MR) is 34.5 cm³/mol. The molecule has 0 spiro atoms. The van der Waals surface area contributed by atoms with E-state index in [0.29, 0.717) is 5.92 Å². The number of amides is 1. The largest absolute Gasteiger partial charge is 0.368 e. The van der Waals surface area contributed by atoms with Gasteiger partial charge in [-0.25, -0.2) is 0 Å². The summed E-state index contributed by atoms with van der Waals surface area (Å²) in [5.74, 6) is -0.00986. The van der Waals surface area contributed by atoms with Crippen molar-refractivity contribution >= 4 is 5.91 Å². The minimum Gasteiger partial charge on any atom is -0.368 e. The summed E-state index contributed by atoms with van der Waals surface area (Å²) in [6.07, 6.45) is 1.73. The Bertz CT molecular complexity index is 146. The van der Waals surface area contributed by atoms with E-state index in [1.807, 2.05) is 6.92 Å². The van der Waals surface area contributed by atoms with E-state index in [2.05, 4.69) is 0 Å². The molecular weight excluding hydrogens is 116 g/mol. The molecule has 0 aromatic heterocycles. The summed E-state index contributed by atoms with van der Waals surface area (Å²) in [4.78, 5) is 10.5. The predicted octanol–water partition coefficient (Wildman–Crippen LogP) is -0.401. The van der Waals surface area contributed by atoms with Crippen molar-refractivity contribution in [3.63, 3.8) is 0 Å². The minimum atomic E-state index is -0.644. The van der Waals surface area contributed by atoms with E-state index in [-0.39, 0.29) is 5.91 Å². The van der Waals surface area contributed by atoms with E-state index < -0.39 is 5.54 Å². The summed E-state index contributed by atoms with van der Waals surface area (Å²) in [5, 5.41) is 0. The lowest BCUT2D eigenvalue weighted by molar-refractivity contribution is -0.120. The van der Waals surface area contributed by atoms with Gasteiger partial charge in [-0.05, 0) is 12.3 Å². The summed E-state index contributed by atoms with van der Waals surface area (Å²) in [6.45, 7) is 2.02. The summed E-state index contributed by atoms with van der Waals surface area (Å²) < 4.78 is 0. The Labute approximate surface area is 54.4 Å². The van der Waals surface area contributed by atoms with E-state index in [1.165, 1.54) is 0 Å². The molecule has 9 heavy (non-hydrogen) atoms. The molecule has 0 aromatic carbocycles. The van der Waals surface area contributed by atoms with Gasteiger partial charge in [0.25, 0.3) is 0 Å². The number of rotatable bonds is 2. The van der Waals surface area contributed by atoms with Crippen LogP contribution in [0.3, 0.4) is 0 Å². The first-order valence-corrected chi connectivity index (χ1v) is 3.20. The minimum absolute atomic E-state index is 0.343. The summed E-state index contributed by atoms with van der Waals surface area (Å²) in [7, 11) is 0. The van der Waals surface area contributed by atoms with Crippen LogP contribution in [0, 0.1) is 5.92 Å². The maximum absolute atomic E-state index is 10.5. The Hall–Kier alpha value is -0.570. The molecule has 1 aliphatic carbocycles. The second-order valence-electron chi connectivity index (χ2n) is 2.71. The Kier molecular flexibility index (Phi) is 1.24. The molecule has 52 valence electrons. The zero-order chi connectivity index (χ0) is 7.07. The smallest absolute Gasteiger partial charge is 0.237 e. The van der Waals surface area contributed by atoms with Gasteiger partial charge in [-0.15, -0.1) is 0 Å². The fourth-order valence-corrected chi connectivity index (χ4v) is 1.16. The topological polar surface area (TPSA) is 69.1 Å². The molecule has 0 aliphatic heterocycles. The molecule has 0 aromatic rings. The molecule has 1 rings (SSSR count). The van der Waals surface area contributed by atoms with Gasteiger partial charge in [0.15, 0.2) is 0 Å². The fraction of sp³-hybridized carbons (Fsp3) is 0.833. The van der Waals surface area contributed by atoms with Crippen molar-refractivity contribution in [3.05, 3.63) is 0 Å². The molecule has 2 atom stereocenters. The molecule has 1 aliphatic rings. The molecule has 1 amide bonds. The molecule has 3 nitrogen and oxygen atoms in total. The third kappa shape index (κ3) is 0.812. The molecule has 0 bridgehead atoms. The maximum Gasteiger partial charge on any atom is 0.237 e. The Morgan fingerprint density at radius 3 is 2.56 bits per heavy atom. The van der Waals surface area contributed by atoms with Crippen LogP contribution in [-0.2, 0) is 4.79 Å². The third-order valence-corrected chi connectivity index (χ3v) is 2.10. The number of carbonyl (C=O) groups is 1. The van der Waals surface area contributed by atoms with Crippen LogP contribution in [0.5, 0.6) is 0 Å². The molecule has 0 saturated heterocycles. The van der Waals surface area contributed by atoms with Crippen molar-refractivity contribution in [2.24, 2.45) is 17.4 Å². The lowest BCUT2D eigenvalue weighted by Gasteiger charge is -2.02. The average molecular weight is 128 g/mol. The number of primary amides is 1. The molecule has 0 heterocycles. The quantitative estimate of drug-likeness (QED) is 0.531. The van der Waals surface area contributed by atoms with Gasteiger partial charge in [0.05, 0.1) is 5.54 Å². The van der Waals surface area contributed by atoms with Gasteiger partial charge < -0.3 is 11.5 Å². The van der Waals surface area contributed by atoms with Gasteiger partial charge in [0.1, 0.15) is 0 Å². The van der Waals surface area contributed by atoms with Crippen LogP contribution in [0.4, 0.5) is 0 Å². The Balaban J connectivity index is 2.52. The summed E-state index contributed by atoms with van der Waals surface area (Å²) >= 11 is 0. The third-order valence-electron chi connectivity index (χ3n) is 2.10. The van der Waals surface area contributed by atoms with Crippen LogP contribution in [0.2, 0.25) is 0 Å². The first-order valence-electron chi connectivity index (χ1n) is 3.20. The van der Waals surface area contributed by atoms with E-state index >= 15 is 0 Å². The van der Waals surface area contributed by atoms with Crippen LogP contribution in [-0.4, -0.2) is 11.4 Å². The highest BCUT2D eigenvalue weighted by atomic mass is 16.1. The van der Waals surface area contributed by atoms with Crippen molar-refractivity contribution in [1.82, 2.24) is 0 Å². The zero-order valence-electron chi connectivity index (χ0n) is 5.55. The van der Waals surface area contributed by atoms with Gasteiger partial charge in [-0.3, -0.25) is 4.79 Å². The van der Waals surface area contributed by atoms with E-state index in [9.17, 15) is 4.79 Å². The van der Waals surface area contributed by atoms with E-state index in [4.69, 9.17) is 11.5 Å². The van der Waals surface area contributed by atoms with Gasteiger partial charge in [0.2, 0.25) is 5.91 Å². The van der Waals surface area contributed by atoms with E-state index in [0.717, 1.165) is 12.8 Å². The number of nitrogens with two attached hydrogens (primary N) is 2. The first kappa shape index (κ1) is 6.55. The van der Waals surface area contributed by atoms with Gasteiger partial charge in [-0.1, -0.05) is 13.3 Å². The van der Waals surface area contributed by atoms with Crippen LogP contribution in [0.25, 0.3) is 0 Å². The van der Waals surface area contributed by atoms with Crippen LogP contribution >= 0.6 is 0 Å².